The molecule has 1 amide bonds. The number of nitrogens with zero attached hydrogens (tertiary/aromatic N) is 4. The maximum atomic E-state index is 12.5. The van der Waals surface area contributed by atoms with E-state index in [1.165, 1.54) is 0 Å². The summed E-state index contributed by atoms with van der Waals surface area (Å²) in [6.07, 6.45) is 1.85. The Labute approximate surface area is 219 Å². The fourth-order valence-corrected chi connectivity index (χ4v) is 4.39. The van der Waals surface area contributed by atoms with Crippen LogP contribution >= 0.6 is 11.6 Å². The number of likely N-dealkylation sites (N-methyl/N-ethyl adjacent to an activating group) is 1. The molecule has 0 fully saturated rings. The number of hydrogen-bond donors (Lipinski definition) is 1. The van der Waals surface area contributed by atoms with Gasteiger partial charge in [0.1, 0.15) is 29.6 Å². The summed E-state index contributed by atoms with van der Waals surface area (Å²) in [6, 6.07) is 6.82. The lowest BCUT2D eigenvalue weighted by Gasteiger charge is -2.24. The summed E-state index contributed by atoms with van der Waals surface area (Å²) in [5, 5.41) is 4.28. The number of furan rings is 1. The van der Waals surface area contributed by atoms with Gasteiger partial charge < -0.3 is 28.7 Å². The van der Waals surface area contributed by atoms with Crippen LogP contribution in [0.15, 0.2) is 28.9 Å². The van der Waals surface area contributed by atoms with E-state index in [9.17, 15) is 4.79 Å². The summed E-state index contributed by atoms with van der Waals surface area (Å²) in [5.41, 5.74) is 1.09. The van der Waals surface area contributed by atoms with E-state index in [-0.39, 0.29) is 11.4 Å². The van der Waals surface area contributed by atoms with Gasteiger partial charge >= 0.3 is 6.09 Å². The number of nitrogens with one attached hydrogen (secondary N) is 1. The molecule has 0 saturated heterocycles. The van der Waals surface area contributed by atoms with E-state index in [4.69, 9.17) is 25.5 Å². The average molecular weight is 536 g/mol. The minimum atomic E-state index is -1.22. The Bertz CT molecular complexity index is 1150. The summed E-state index contributed by atoms with van der Waals surface area (Å²) in [4.78, 5) is 23.0. The largest absolute Gasteiger partial charge is 0.467 e. The molecule has 0 aromatic carbocycles. The van der Waals surface area contributed by atoms with Crippen molar-refractivity contribution in [2.24, 2.45) is 0 Å². The highest BCUT2D eigenvalue weighted by Gasteiger charge is 2.21. The summed E-state index contributed by atoms with van der Waals surface area (Å²) >= 11 is 6.31. The molecule has 9 nitrogen and oxygen atoms in total. The zero-order chi connectivity index (χ0) is 26.5. The molecule has 0 radical (unpaired) electrons. The molecule has 0 aliphatic carbocycles. The topological polar surface area (TPSA) is 94.6 Å². The first-order valence-electron chi connectivity index (χ1n) is 12.2. The van der Waals surface area contributed by atoms with E-state index >= 15 is 0 Å². The molecule has 0 spiro atoms. The average Bonchev–Trinajstić information content (AvgIpc) is 3.39. The third-order valence-corrected chi connectivity index (χ3v) is 7.32. The van der Waals surface area contributed by atoms with Gasteiger partial charge in [0.2, 0.25) is 5.28 Å². The molecule has 3 aromatic rings. The predicted octanol–water partition coefficient (Wildman–Crippen LogP) is 6.01. The summed E-state index contributed by atoms with van der Waals surface area (Å²) in [6.45, 7) is 14.5. The Balaban J connectivity index is 1.85. The molecule has 3 rings (SSSR count). The van der Waals surface area contributed by atoms with Crippen molar-refractivity contribution in [2.45, 2.75) is 71.8 Å². The van der Waals surface area contributed by atoms with Crippen molar-refractivity contribution in [3.63, 3.8) is 0 Å². The second kappa shape index (κ2) is 11.7. The number of fused-ring (bicyclic) bond motifs is 1. The number of amides is 1. The Kier molecular flexibility index (Phi) is 9.07. The van der Waals surface area contributed by atoms with E-state index in [2.05, 4.69) is 34.9 Å². The number of carbonyl (C=O) groups excluding carboxylic acids is 1. The Morgan fingerprint density at radius 1 is 1.28 bits per heavy atom. The Morgan fingerprint density at radius 3 is 2.67 bits per heavy atom. The highest BCUT2D eigenvalue weighted by atomic mass is 35.5. The van der Waals surface area contributed by atoms with E-state index in [0.717, 1.165) is 22.9 Å². The van der Waals surface area contributed by atoms with Crippen LogP contribution in [0.5, 0.6) is 0 Å². The highest BCUT2D eigenvalue weighted by molar-refractivity contribution is 6.76. The van der Waals surface area contributed by atoms with Gasteiger partial charge in [-0.25, -0.2) is 9.78 Å². The zero-order valence-corrected chi connectivity index (χ0v) is 24.1. The number of hydrogen-bond acceptors (Lipinski definition) is 7. The lowest BCUT2D eigenvalue weighted by Crippen LogP contribution is -2.35. The SMILES string of the molecule is CN(CCc1cc2c(NCc3ccco3)nc(Cl)nc2n1COCC[Si](C)(C)C)C(=O)OC(C)(C)C. The molecule has 0 atom stereocenters. The molecule has 3 aromatic heterocycles. The standard InChI is InChI=1S/C25H38ClN5O4Si/c1-25(2,3)35-24(32)30(4)11-10-18-15-20-21(27-16-19-9-8-12-34-19)28-23(26)29-22(20)31(18)17-33-13-14-36(5,6)7/h8-9,12,15H,10-11,13-14,16-17H2,1-7H3,(H,27,28,29). The molecule has 0 aliphatic heterocycles. The smallest absolute Gasteiger partial charge is 0.410 e. The van der Waals surface area contributed by atoms with Gasteiger partial charge in [-0.05, 0) is 56.6 Å². The van der Waals surface area contributed by atoms with Crippen molar-refractivity contribution in [3.05, 3.63) is 41.2 Å². The normalized spacial score (nSPS) is 12.2. The monoisotopic (exact) mass is 535 g/mol. The number of aromatic nitrogens is 3. The summed E-state index contributed by atoms with van der Waals surface area (Å²) in [5.74, 6) is 1.40. The number of rotatable bonds is 11. The van der Waals surface area contributed by atoms with Crippen molar-refractivity contribution in [2.75, 3.05) is 25.5 Å². The van der Waals surface area contributed by atoms with Crippen LogP contribution in [0.2, 0.25) is 31.0 Å². The Hall–Kier alpha value is -2.56. The zero-order valence-electron chi connectivity index (χ0n) is 22.4. The van der Waals surface area contributed by atoms with Crippen molar-refractivity contribution in [3.8, 4) is 0 Å². The van der Waals surface area contributed by atoms with Crippen LogP contribution < -0.4 is 5.32 Å². The fourth-order valence-electron chi connectivity index (χ4n) is 3.47. The van der Waals surface area contributed by atoms with Gasteiger partial charge in [0.05, 0.1) is 18.2 Å². The predicted molar refractivity (Wildman–Crippen MR) is 145 cm³/mol. The number of carbonyl (C=O) groups is 1. The molecular formula is C25H38ClN5O4Si. The molecule has 0 aliphatic rings. The molecule has 0 bridgehead atoms. The second-order valence-electron chi connectivity index (χ2n) is 11.1. The van der Waals surface area contributed by atoms with E-state index in [1.54, 1.807) is 18.2 Å². The first kappa shape index (κ1) is 28.0. The van der Waals surface area contributed by atoms with Crippen LogP contribution in [0.3, 0.4) is 0 Å². The fraction of sp³-hybridized carbons (Fsp3) is 0.560. The maximum absolute atomic E-state index is 12.5. The Morgan fingerprint density at radius 2 is 2.03 bits per heavy atom. The van der Waals surface area contributed by atoms with Crippen LogP contribution in [0.25, 0.3) is 11.0 Å². The summed E-state index contributed by atoms with van der Waals surface area (Å²) in [7, 11) is 0.513. The first-order valence-corrected chi connectivity index (χ1v) is 16.2. The van der Waals surface area contributed by atoms with E-state index in [0.29, 0.717) is 44.3 Å². The molecule has 198 valence electrons. The van der Waals surface area contributed by atoms with Crippen molar-refractivity contribution < 1.29 is 18.7 Å². The number of halogens is 1. The number of ether oxygens (including phenoxy) is 2. The summed E-state index contributed by atoms with van der Waals surface area (Å²) < 4.78 is 19.0. The molecular weight excluding hydrogens is 498 g/mol. The highest BCUT2D eigenvalue weighted by Crippen LogP contribution is 2.27. The molecule has 11 heteroatoms. The van der Waals surface area contributed by atoms with Crippen LogP contribution in [0.4, 0.5) is 10.6 Å². The van der Waals surface area contributed by atoms with Gasteiger partial charge in [-0.15, -0.1) is 0 Å². The molecule has 36 heavy (non-hydrogen) atoms. The van der Waals surface area contributed by atoms with Gasteiger partial charge in [0.25, 0.3) is 0 Å². The van der Waals surface area contributed by atoms with Crippen LogP contribution in [0, 0.1) is 0 Å². The quantitative estimate of drug-likeness (QED) is 0.182. The lowest BCUT2D eigenvalue weighted by molar-refractivity contribution is 0.0299. The minimum absolute atomic E-state index is 0.142. The van der Waals surface area contributed by atoms with Gasteiger partial charge in [-0.3, -0.25) is 0 Å². The van der Waals surface area contributed by atoms with Gasteiger partial charge in [-0.2, -0.15) is 4.98 Å². The van der Waals surface area contributed by atoms with Crippen molar-refractivity contribution in [1.29, 1.82) is 0 Å². The molecule has 0 unspecified atom stereocenters. The maximum Gasteiger partial charge on any atom is 0.410 e. The van der Waals surface area contributed by atoms with Crippen LogP contribution in [0.1, 0.15) is 32.2 Å². The third-order valence-electron chi connectivity index (χ3n) is 5.45. The lowest BCUT2D eigenvalue weighted by atomic mass is 10.2. The van der Waals surface area contributed by atoms with E-state index in [1.807, 2.05) is 43.5 Å². The minimum Gasteiger partial charge on any atom is -0.467 e. The molecule has 1 N–H and O–H groups in total. The number of anilines is 1. The van der Waals surface area contributed by atoms with Crippen LogP contribution in [-0.2, 0) is 29.2 Å². The first-order chi connectivity index (χ1) is 16.8. The molecule has 3 heterocycles. The van der Waals surface area contributed by atoms with Crippen molar-refractivity contribution >= 4 is 42.6 Å². The van der Waals surface area contributed by atoms with Crippen molar-refractivity contribution in [1.82, 2.24) is 19.4 Å². The second-order valence-corrected chi connectivity index (χ2v) is 17.0. The third kappa shape index (κ3) is 8.24. The van der Waals surface area contributed by atoms with Gasteiger partial charge in [-0.1, -0.05) is 19.6 Å². The molecule has 0 saturated carbocycles. The van der Waals surface area contributed by atoms with Gasteiger partial charge in [0.15, 0.2) is 0 Å². The van der Waals surface area contributed by atoms with Gasteiger partial charge in [0, 0.05) is 40.4 Å². The van der Waals surface area contributed by atoms with Crippen LogP contribution in [-0.4, -0.2) is 59.4 Å². The van der Waals surface area contributed by atoms with E-state index < -0.39 is 13.7 Å².